The summed E-state index contributed by atoms with van der Waals surface area (Å²) in [5.41, 5.74) is -0.431. The molecule has 1 unspecified atom stereocenters. The average Bonchev–Trinajstić information content (AvgIpc) is 3.33. The zero-order valence-corrected chi connectivity index (χ0v) is 15.7. The van der Waals surface area contributed by atoms with Gasteiger partial charge in [0.05, 0.1) is 17.2 Å². The van der Waals surface area contributed by atoms with E-state index in [0.29, 0.717) is 12.6 Å². The molecule has 1 amide bonds. The number of hydrogen-bond acceptors (Lipinski definition) is 5. The van der Waals surface area contributed by atoms with Crippen LogP contribution in [0.4, 0.5) is 18.3 Å². The van der Waals surface area contributed by atoms with Crippen LogP contribution in [0.25, 0.3) is 10.2 Å². The van der Waals surface area contributed by atoms with Gasteiger partial charge in [0.2, 0.25) is 5.91 Å². The maximum atomic E-state index is 14.0. The van der Waals surface area contributed by atoms with Gasteiger partial charge in [-0.2, -0.15) is 0 Å². The molecule has 0 N–H and O–H groups in total. The lowest BCUT2D eigenvalue weighted by Gasteiger charge is -2.21. The number of carbonyl (C=O) groups excluding carboxylic acids is 2. The van der Waals surface area contributed by atoms with E-state index in [1.807, 2.05) is 0 Å². The smallest absolute Gasteiger partial charge is 0.309 e. The van der Waals surface area contributed by atoms with Crippen molar-refractivity contribution in [1.29, 1.82) is 0 Å². The third-order valence-electron chi connectivity index (χ3n) is 4.34. The van der Waals surface area contributed by atoms with E-state index >= 15 is 0 Å². The van der Waals surface area contributed by atoms with Crippen LogP contribution in [0.5, 0.6) is 0 Å². The first-order chi connectivity index (χ1) is 12.8. The highest BCUT2D eigenvalue weighted by molar-refractivity contribution is 7.22. The highest BCUT2D eigenvalue weighted by Gasteiger charge is 2.32. The van der Waals surface area contributed by atoms with Gasteiger partial charge in [-0.1, -0.05) is 18.3 Å². The molecule has 1 fully saturated rings. The van der Waals surface area contributed by atoms with E-state index in [2.05, 4.69) is 4.98 Å². The highest BCUT2D eigenvalue weighted by atomic mass is 32.1. The largest absolute Gasteiger partial charge is 0.466 e. The van der Waals surface area contributed by atoms with Crippen molar-refractivity contribution in [3.05, 3.63) is 23.5 Å². The van der Waals surface area contributed by atoms with Crippen molar-refractivity contribution < 1.29 is 27.5 Å². The second kappa shape index (κ2) is 7.84. The zero-order valence-electron chi connectivity index (χ0n) is 14.9. The minimum absolute atomic E-state index is 0.0985. The van der Waals surface area contributed by atoms with Crippen LogP contribution in [0.2, 0.25) is 0 Å². The summed E-state index contributed by atoms with van der Waals surface area (Å²) in [5, 5.41) is 0.0985. The number of ether oxygens (including phenoxy) is 1. The van der Waals surface area contributed by atoms with Crippen LogP contribution in [-0.4, -0.2) is 30.0 Å². The number of aromatic nitrogens is 1. The van der Waals surface area contributed by atoms with Crippen LogP contribution in [-0.2, 0) is 14.3 Å². The third kappa shape index (κ3) is 4.23. The van der Waals surface area contributed by atoms with Gasteiger partial charge in [-0.05, 0) is 25.7 Å². The fraction of sp³-hybridized carbons (Fsp3) is 0.500. The molecule has 2 aromatic rings. The van der Waals surface area contributed by atoms with E-state index in [9.17, 15) is 22.8 Å². The number of carbonyl (C=O) groups is 2. The molecule has 0 radical (unpaired) electrons. The number of anilines is 1. The monoisotopic (exact) mass is 400 g/mol. The van der Waals surface area contributed by atoms with Crippen molar-refractivity contribution >= 4 is 38.6 Å². The predicted octanol–water partition coefficient (Wildman–Crippen LogP) is 4.05. The molecular weight excluding hydrogens is 381 g/mol. The van der Waals surface area contributed by atoms with Gasteiger partial charge in [0.1, 0.15) is 11.3 Å². The van der Waals surface area contributed by atoms with E-state index in [1.165, 1.54) is 4.90 Å². The third-order valence-corrected chi connectivity index (χ3v) is 5.43. The van der Waals surface area contributed by atoms with Crippen molar-refractivity contribution in [2.75, 3.05) is 18.1 Å². The first-order valence-electron chi connectivity index (χ1n) is 8.72. The lowest BCUT2D eigenvalue weighted by Crippen LogP contribution is -2.35. The lowest BCUT2D eigenvalue weighted by molar-refractivity contribution is -0.148. The van der Waals surface area contributed by atoms with Crippen LogP contribution in [0.15, 0.2) is 6.07 Å². The molecule has 5 nitrogen and oxygen atoms in total. The number of fused-ring (bicyclic) bond motifs is 1. The first kappa shape index (κ1) is 19.6. The summed E-state index contributed by atoms with van der Waals surface area (Å²) in [7, 11) is 0. The molecule has 1 aliphatic rings. The number of esters is 1. The van der Waals surface area contributed by atoms with Gasteiger partial charge >= 0.3 is 5.97 Å². The highest BCUT2D eigenvalue weighted by Crippen LogP contribution is 2.37. The van der Waals surface area contributed by atoms with Crippen molar-refractivity contribution in [3.63, 3.8) is 0 Å². The summed E-state index contributed by atoms with van der Waals surface area (Å²) < 4.78 is 46.2. The van der Waals surface area contributed by atoms with Gasteiger partial charge in [0.15, 0.2) is 16.8 Å². The number of amides is 1. The van der Waals surface area contributed by atoms with Gasteiger partial charge in [0.25, 0.3) is 0 Å². The minimum atomic E-state index is -1.33. The number of nitrogens with zero attached hydrogens (tertiary/aromatic N) is 2. The first-order valence-corrected chi connectivity index (χ1v) is 9.54. The van der Waals surface area contributed by atoms with Gasteiger partial charge in [0, 0.05) is 19.0 Å². The molecule has 1 aromatic heterocycles. The molecule has 1 heterocycles. The van der Waals surface area contributed by atoms with Crippen LogP contribution < -0.4 is 4.90 Å². The van der Waals surface area contributed by atoms with Crippen molar-refractivity contribution in [2.45, 2.75) is 33.1 Å². The minimum Gasteiger partial charge on any atom is -0.466 e. The normalized spacial score (nSPS) is 15.0. The Labute approximate surface area is 158 Å². The number of thiazole rings is 1. The van der Waals surface area contributed by atoms with Crippen LogP contribution in [0.3, 0.4) is 0 Å². The van der Waals surface area contributed by atoms with Crippen molar-refractivity contribution in [2.24, 2.45) is 11.8 Å². The second-order valence-electron chi connectivity index (χ2n) is 6.63. The topological polar surface area (TPSA) is 59.5 Å². The average molecular weight is 400 g/mol. The number of rotatable bonds is 7. The Morgan fingerprint density at radius 1 is 1.33 bits per heavy atom. The molecule has 0 bridgehead atoms. The summed E-state index contributed by atoms with van der Waals surface area (Å²) >= 11 is 0.795. The Hall–Kier alpha value is -2.16. The molecule has 1 aliphatic carbocycles. The fourth-order valence-electron chi connectivity index (χ4n) is 2.67. The summed E-state index contributed by atoms with van der Waals surface area (Å²) in [5.74, 6) is -4.74. The quantitative estimate of drug-likeness (QED) is 0.520. The molecule has 0 spiro atoms. The van der Waals surface area contributed by atoms with E-state index in [-0.39, 0.29) is 34.7 Å². The van der Waals surface area contributed by atoms with Crippen molar-refractivity contribution in [3.8, 4) is 0 Å². The van der Waals surface area contributed by atoms with Crippen LogP contribution in [0.1, 0.15) is 33.1 Å². The Bertz CT molecular complexity index is 882. The van der Waals surface area contributed by atoms with Gasteiger partial charge in [-0.15, -0.1) is 0 Å². The Balaban J connectivity index is 1.89. The van der Waals surface area contributed by atoms with Crippen molar-refractivity contribution in [1.82, 2.24) is 4.98 Å². The molecule has 1 saturated carbocycles. The van der Waals surface area contributed by atoms with Gasteiger partial charge < -0.3 is 4.74 Å². The maximum absolute atomic E-state index is 14.0. The molecule has 3 rings (SSSR count). The Morgan fingerprint density at radius 2 is 2.04 bits per heavy atom. The predicted molar refractivity (Wildman–Crippen MR) is 95.0 cm³/mol. The van der Waals surface area contributed by atoms with E-state index in [4.69, 9.17) is 4.74 Å². The van der Waals surface area contributed by atoms with E-state index in [0.717, 1.165) is 24.2 Å². The van der Waals surface area contributed by atoms with E-state index in [1.54, 1.807) is 13.8 Å². The van der Waals surface area contributed by atoms with E-state index < -0.39 is 34.9 Å². The second-order valence-corrected chi connectivity index (χ2v) is 7.61. The summed E-state index contributed by atoms with van der Waals surface area (Å²) in [4.78, 5) is 29.9. The van der Waals surface area contributed by atoms with Gasteiger partial charge in [-0.25, -0.2) is 18.2 Å². The zero-order chi connectivity index (χ0) is 19.7. The molecule has 27 heavy (non-hydrogen) atoms. The molecule has 146 valence electrons. The summed E-state index contributed by atoms with van der Waals surface area (Å²) in [6.45, 7) is 3.82. The molecule has 1 atom stereocenters. The summed E-state index contributed by atoms with van der Waals surface area (Å²) in [6.07, 6.45) is 1.78. The molecule has 0 saturated heterocycles. The van der Waals surface area contributed by atoms with Crippen LogP contribution in [0, 0.1) is 29.3 Å². The molecular formula is C18H19F3N2O3S. The van der Waals surface area contributed by atoms with Gasteiger partial charge in [-0.3, -0.25) is 14.5 Å². The number of hydrogen-bond donors (Lipinski definition) is 0. The van der Waals surface area contributed by atoms with Crippen LogP contribution >= 0.6 is 11.3 Å². The fourth-order valence-corrected chi connectivity index (χ4v) is 3.67. The molecule has 9 heteroatoms. The lowest BCUT2D eigenvalue weighted by atomic mass is 10.1. The number of benzene rings is 1. The SMILES string of the molecule is CCOC(=O)C(C)CC(=O)N(CC1CC1)c1nc2c(F)c(F)cc(F)c2s1. The summed E-state index contributed by atoms with van der Waals surface area (Å²) in [6, 6.07) is 0.468. The number of halogens is 3. The Morgan fingerprint density at radius 3 is 2.67 bits per heavy atom. The Kier molecular flexibility index (Phi) is 5.69. The standard InChI is InChI=1S/C18H19F3N2O3S/c1-3-26-17(25)9(2)6-13(24)23(8-10-4-5-10)18-22-15-14(21)11(19)7-12(20)16(15)27-18/h7,9-10H,3-6,8H2,1-2H3. The molecule has 0 aliphatic heterocycles. The molecule has 1 aromatic carbocycles. The maximum Gasteiger partial charge on any atom is 0.309 e.